The van der Waals surface area contributed by atoms with Gasteiger partial charge < -0.3 is 10.0 Å². The van der Waals surface area contributed by atoms with Gasteiger partial charge in [-0.3, -0.25) is 4.79 Å². The molecule has 0 unspecified atom stereocenters. The summed E-state index contributed by atoms with van der Waals surface area (Å²) in [5.41, 5.74) is 1.44. The van der Waals surface area contributed by atoms with Crippen molar-refractivity contribution in [2.45, 2.75) is 24.3 Å². The van der Waals surface area contributed by atoms with Gasteiger partial charge in [-0.15, -0.1) is 0 Å². The van der Waals surface area contributed by atoms with Gasteiger partial charge >= 0.3 is 0 Å². The van der Waals surface area contributed by atoms with Crippen LogP contribution in [0.1, 0.15) is 12.5 Å². The first-order valence-corrected chi connectivity index (χ1v) is 7.37. The largest absolute Gasteiger partial charge is 0.392 e. The van der Waals surface area contributed by atoms with Crippen LogP contribution < -0.4 is 9.62 Å². The first kappa shape index (κ1) is 14.0. The molecule has 1 aliphatic heterocycles. The number of aliphatic hydroxyl groups is 1. The van der Waals surface area contributed by atoms with Crippen LogP contribution in [0.4, 0.5) is 5.69 Å². The monoisotopic (exact) mass is 284 g/mol. The second kappa shape index (κ2) is 4.92. The highest BCUT2D eigenvalue weighted by molar-refractivity contribution is 7.89. The van der Waals surface area contributed by atoms with E-state index in [2.05, 4.69) is 4.72 Å². The first-order valence-electron chi connectivity index (χ1n) is 5.88. The number of hydrogen-bond acceptors (Lipinski definition) is 4. The maximum atomic E-state index is 12.0. The summed E-state index contributed by atoms with van der Waals surface area (Å²) in [4.78, 5) is 13.2. The Kier molecular flexibility index (Phi) is 3.62. The number of sulfonamides is 1. The molecule has 19 heavy (non-hydrogen) atoms. The van der Waals surface area contributed by atoms with Gasteiger partial charge in [0.2, 0.25) is 15.9 Å². The molecule has 0 spiro atoms. The van der Waals surface area contributed by atoms with Crippen LogP contribution >= 0.6 is 0 Å². The zero-order chi connectivity index (χ0) is 14.2. The lowest BCUT2D eigenvalue weighted by molar-refractivity contribution is -0.117. The van der Waals surface area contributed by atoms with Crippen LogP contribution in [0.25, 0.3) is 0 Å². The number of nitrogens with zero attached hydrogens (tertiary/aromatic N) is 1. The lowest BCUT2D eigenvalue weighted by Crippen LogP contribution is -2.30. The molecule has 1 amide bonds. The molecule has 0 bridgehead atoms. The minimum absolute atomic E-state index is 0.0434. The van der Waals surface area contributed by atoms with E-state index in [9.17, 15) is 13.2 Å². The van der Waals surface area contributed by atoms with Crippen molar-refractivity contribution in [3.05, 3.63) is 23.8 Å². The Hall–Kier alpha value is -1.44. The molecule has 6 nitrogen and oxygen atoms in total. The fourth-order valence-corrected chi connectivity index (χ4v) is 3.10. The van der Waals surface area contributed by atoms with Crippen molar-refractivity contribution in [2.75, 3.05) is 18.5 Å². The standard InChI is InChI=1S/C12H16N2O4S/c1-8(15)7-13-19(17,18)10-3-4-11-9(5-10)6-12(16)14(11)2/h3-5,8,13,15H,6-7H2,1-2H3/t8-/m1/s1. The Balaban J connectivity index is 2.29. The van der Waals surface area contributed by atoms with Crippen LogP contribution in [0.2, 0.25) is 0 Å². The van der Waals surface area contributed by atoms with Crippen LogP contribution in [-0.4, -0.2) is 39.1 Å². The van der Waals surface area contributed by atoms with Gasteiger partial charge in [-0.2, -0.15) is 0 Å². The second-order valence-corrected chi connectivity index (χ2v) is 6.39. The summed E-state index contributed by atoms with van der Waals surface area (Å²) in [6, 6.07) is 4.58. The summed E-state index contributed by atoms with van der Waals surface area (Å²) >= 11 is 0. The molecular weight excluding hydrogens is 268 g/mol. The van der Waals surface area contributed by atoms with E-state index in [1.807, 2.05) is 0 Å². The highest BCUT2D eigenvalue weighted by Gasteiger charge is 2.26. The minimum Gasteiger partial charge on any atom is -0.392 e. The molecule has 2 rings (SSSR count). The van der Waals surface area contributed by atoms with E-state index in [1.54, 1.807) is 13.1 Å². The van der Waals surface area contributed by atoms with Gasteiger partial charge in [0.25, 0.3) is 0 Å². The molecule has 7 heteroatoms. The third kappa shape index (κ3) is 2.78. The summed E-state index contributed by atoms with van der Waals surface area (Å²) in [5.74, 6) is -0.0542. The fraction of sp³-hybridized carbons (Fsp3) is 0.417. The van der Waals surface area contributed by atoms with E-state index in [0.717, 1.165) is 5.69 Å². The van der Waals surface area contributed by atoms with E-state index in [4.69, 9.17) is 5.11 Å². The third-order valence-electron chi connectivity index (χ3n) is 3.01. The lowest BCUT2D eigenvalue weighted by Gasteiger charge is -2.12. The smallest absolute Gasteiger partial charge is 0.240 e. The number of carbonyl (C=O) groups excluding carboxylic acids is 1. The molecule has 0 saturated heterocycles. The Morgan fingerprint density at radius 3 is 2.79 bits per heavy atom. The molecule has 1 atom stereocenters. The maximum Gasteiger partial charge on any atom is 0.240 e. The van der Waals surface area contributed by atoms with Gasteiger partial charge in [-0.25, -0.2) is 13.1 Å². The molecule has 1 aromatic carbocycles. The van der Waals surface area contributed by atoms with E-state index in [0.29, 0.717) is 5.56 Å². The normalized spacial score (nSPS) is 16.6. The minimum atomic E-state index is -3.65. The topological polar surface area (TPSA) is 86.7 Å². The van der Waals surface area contributed by atoms with Crippen molar-refractivity contribution in [3.63, 3.8) is 0 Å². The average Bonchev–Trinajstić information content (AvgIpc) is 2.62. The molecule has 1 heterocycles. The zero-order valence-corrected chi connectivity index (χ0v) is 11.6. The third-order valence-corrected chi connectivity index (χ3v) is 4.43. The number of benzene rings is 1. The Bertz CT molecular complexity index is 610. The number of rotatable bonds is 4. The summed E-state index contributed by atoms with van der Waals surface area (Å²) in [6.45, 7) is 1.46. The molecule has 0 saturated carbocycles. The predicted octanol–water partition coefficient (Wildman–Crippen LogP) is -0.135. The number of anilines is 1. The van der Waals surface area contributed by atoms with Crippen LogP contribution in [0.15, 0.2) is 23.1 Å². The number of likely N-dealkylation sites (N-methyl/N-ethyl adjacent to an activating group) is 1. The molecule has 0 aromatic heterocycles. The lowest BCUT2D eigenvalue weighted by atomic mass is 10.2. The highest BCUT2D eigenvalue weighted by atomic mass is 32.2. The van der Waals surface area contributed by atoms with Crippen molar-refractivity contribution in [3.8, 4) is 0 Å². The van der Waals surface area contributed by atoms with E-state index >= 15 is 0 Å². The summed E-state index contributed by atoms with van der Waals surface area (Å²) in [7, 11) is -1.99. The molecule has 0 radical (unpaired) electrons. The van der Waals surface area contributed by atoms with Gasteiger partial charge in [0.1, 0.15) is 0 Å². The van der Waals surface area contributed by atoms with Crippen LogP contribution in [0.3, 0.4) is 0 Å². The van der Waals surface area contributed by atoms with Crippen molar-refractivity contribution in [1.82, 2.24) is 4.72 Å². The second-order valence-electron chi connectivity index (χ2n) is 4.62. The number of nitrogens with one attached hydrogen (secondary N) is 1. The van der Waals surface area contributed by atoms with Crippen molar-refractivity contribution in [1.29, 1.82) is 0 Å². The molecular formula is C12H16N2O4S. The molecule has 104 valence electrons. The fourth-order valence-electron chi connectivity index (χ4n) is 1.93. The Morgan fingerprint density at radius 1 is 1.47 bits per heavy atom. The number of aliphatic hydroxyl groups excluding tert-OH is 1. The molecule has 2 N–H and O–H groups in total. The number of fused-ring (bicyclic) bond motifs is 1. The number of amides is 1. The molecule has 0 aliphatic carbocycles. The summed E-state index contributed by atoms with van der Waals surface area (Å²) in [6.07, 6.45) is -0.539. The van der Waals surface area contributed by atoms with Gasteiger partial charge in [-0.1, -0.05) is 0 Å². The molecule has 1 aromatic rings. The Labute approximate surface area is 112 Å². The predicted molar refractivity (Wildman–Crippen MR) is 70.4 cm³/mol. The van der Waals surface area contributed by atoms with Crippen LogP contribution in [0, 0.1) is 0 Å². The summed E-state index contributed by atoms with van der Waals surface area (Å²) in [5, 5.41) is 9.11. The van der Waals surface area contributed by atoms with E-state index in [1.165, 1.54) is 24.0 Å². The Morgan fingerprint density at radius 2 is 2.16 bits per heavy atom. The number of carbonyl (C=O) groups is 1. The summed E-state index contributed by atoms with van der Waals surface area (Å²) < 4.78 is 26.3. The number of hydrogen-bond donors (Lipinski definition) is 2. The van der Waals surface area contributed by atoms with E-state index in [-0.39, 0.29) is 23.8 Å². The van der Waals surface area contributed by atoms with Crippen molar-refractivity contribution < 1.29 is 18.3 Å². The van der Waals surface area contributed by atoms with Gasteiger partial charge in [0.05, 0.1) is 17.4 Å². The van der Waals surface area contributed by atoms with Crippen molar-refractivity contribution >= 4 is 21.6 Å². The quantitative estimate of drug-likeness (QED) is 0.806. The van der Waals surface area contributed by atoms with Gasteiger partial charge in [-0.05, 0) is 30.7 Å². The average molecular weight is 284 g/mol. The van der Waals surface area contributed by atoms with Crippen LogP contribution in [-0.2, 0) is 21.2 Å². The van der Waals surface area contributed by atoms with E-state index < -0.39 is 16.1 Å². The molecule has 1 aliphatic rings. The first-order chi connectivity index (χ1) is 8.81. The van der Waals surface area contributed by atoms with Crippen LogP contribution in [0.5, 0.6) is 0 Å². The zero-order valence-electron chi connectivity index (χ0n) is 10.8. The maximum absolute atomic E-state index is 12.0. The van der Waals surface area contributed by atoms with Gasteiger partial charge in [0, 0.05) is 19.3 Å². The molecule has 0 fully saturated rings. The SMILES string of the molecule is C[C@@H](O)CNS(=O)(=O)c1ccc2c(c1)CC(=O)N2C. The van der Waals surface area contributed by atoms with Crippen molar-refractivity contribution in [2.24, 2.45) is 0 Å². The van der Waals surface area contributed by atoms with Gasteiger partial charge in [0.15, 0.2) is 0 Å². The highest BCUT2D eigenvalue weighted by Crippen LogP contribution is 2.29.